The summed E-state index contributed by atoms with van der Waals surface area (Å²) in [5.41, 5.74) is 1.04. The van der Waals surface area contributed by atoms with Crippen LogP contribution in [0.5, 0.6) is 0 Å². The second-order valence-corrected chi connectivity index (χ2v) is 5.74. The molecule has 1 atom stereocenters. The van der Waals surface area contributed by atoms with E-state index in [1.807, 2.05) is 31.4 Å². The molecule has 2 aromatic heterocycles. The van der Waals surface area contributed by atoms with Gasteiger partial charge in [-0.25, -0.2) is 4.98 Å². The predicted molar refractivity (Wildman–Crippen MR) is 77.8 cm³/mol. The zero-order valence-electron chi connectivity index (χ0n) is 10.2. The maximum atomic E-state index is 4.45. The largest absolute Gasteiger partial charge is 0.312 e. The molecule has 0 amide bonds. The molecule has 0 fully saturated rings. The molecule has 1 unspecified atom stereocenters. The van der Waals surface area contributed by atoms with Crippen molar-refractivity contribution >= 4 is 27.7 Å². The third kappa shape index (κ3) is 3.31. The van der Waals surface area contributed by atoms with E-state index < -0.39 is 0 Å². The molecule has 1 N–H and O–H groups in total. The molecule has 0 radical (unpaired) electrons. The summed E-state index contributed by atoms with van der Waals surface area (Å²) in [5, 5.41) is 4.12. The normalized spacial score (nSPS) is 12.4. The molecule has 0 saturated heterocycles. The van der Waals surface area contributed by atoms with Crippen LogP contribution in [0.1, 0.15) is 18.7 Å². The lowest BCUT2D eigenvalue weighted by atomic mass is 10.2. The Kier molecular flexibility index (Phi) is 4.74. The fraction of sp³-hybridized carbons (Fsp3) is 0.231. The van der Waals surface area contributed by atoms with Crippen molar-refractivity contribution in [3.63, 3.8) is 0 Å². The summed E-state index contributed by atoms with van der Waals surface area (Å²) in [4.78, 5) is 9.86. The number of hydrogen-bond donors (Lipinski definition) is 1. The van der Waals surface area contributed by atoms with Crippen LogP contribution in [0.25, 0.3) is 0 Å². The predicted octanol–water partition coefficient (Wildman–Crippen LogP) is 3.67. The van der Waals surface area contributed by atoms with Gasteiger partial charge in [-0.05, 0) is 54.2 Å². The highest BCUT2D eigenvalue weighted by Gasteiger charge is 2.06. The van der Waals surface area contributed by atoms with E-state index in [0.717, 1.165) is 20.1 Å². The van der Waals surface area contributed by atoms with E-state index in [0.29, 0.717) is 0 Å². The summed E-state index contributed by atoms with van der Waals surface area (Å²) in [5.74, 6) is 0. The molecule has 0 aliphatic heterocycles. The summed E-state index contributed by atoms with van der Waals surface area (Å²) in [6.07, 6.45) is 3.67. The van der Waals surface area contributed by atoms with Crippen LogP contribution in [0.4, 0.5) is 0 Å². The van der Waals surface area contributed by atoms with Crippen molar-refractivity contribution in [2.24, 2.45) is 0 Å². The lowest BCUT2D eigenvalue weighted by Crippen LogP contribution is -2.13. The van der Waals surface area contributed by atoms with Crippen molar-refractivity contribution in [2.45, 2.75) is 22.9 Å². The first-order valence-corrected chi connectivity index (χ1v) is 7.23. The Bertz CT molecular complexity index is 516. The molecule has 18 heavy (non-hydrogen) atoms. The molecule has 0 aliphatic carbocycles. The molecule has 0 aromatic carbocycles. The Balaban J connectivity index is 2.14. The van der Waals surface area contributed by atoms with Crippen molar-refractivity contribution in [1.82, 2.24) is 15.3 Å². The van der Waals surface area contributed by atoms with Gasteiger partial charge in [0.05, 0.1) is 10.2 Å². The Morgan fingerprint density at radius 3 is 2.72 bits per heavy atom. The molecule has 3 nitrogen and oxygen atoms in total. The molecule has 0 aliphatic rings. The number of hydrogen-bond acceptors (Lipinski definition) is 4. The van der Waals surface area contributed by atoms with E-state index >= 15 is 0 Å². The number of pyridine rings is 2. The molecule has 0 spiro atoms. The van der Waals surface area contributed by atoms with Gasteiger partial charge in [0, 0.05) is 23.3 Å². The summed E-state index contributed by atoms with van der Waals surface area (Å²) in [6, 6.07) is 8.28. The van der Waals surface area contributed by atoms with Crippen LogP contribution >= 0.6 is 27.7 Å². The molecule has 94 valence electrons. The van der Waals surface area contributed by atoms with Crippen molar-refractivity contribution in [3.05, 3.63) is 46.8 Å². The summed E-state index contributed by atoms with van der Waals surface area (Å²) in [6.45, 7) is 2.09. The second-order valence-electron chi connectivity index (χ2n) is 3.82. The fourth-order valence-electron chi connectivity index (χ4n) is 1.41. The van der Waals surface area contributed by atoms with Crippen LogP contribution in [0.15, 0.2) is 51.1 Å². The third-order valence-electron chi connectivity index (χ3n) is 2.58. The van der Waals surface area contributed by atoms with Crippen LogP contribution in [-0.4, -0.2) is 17.0 Å². The lowest BCUT2D eigenvalue weighted by Gasteiger charge is -2.09. The van der Waals surface area contributed by atoms with Gasteiger partial charge in [0.1, 0.15) is 5.03 Å². The highest BCUT2D eigenvalue weighted by Crippen LogP contribution is 2.31. The monoisotopic (exact) mass is 323 g/mol. The van der Waals surface area contributed by atoms with E-state index in [4.69, 9.17) is 0 Å². The average Bonchev–Trinajstić information content (AvgIpc) is 2.41. The van der Waals surface area contributed by atoms with Crippen molar-refractivity contribution in [3.8, 4) is 0 Å². The van der Waals surface area contributed by atoms with E-state index in [1.54, 1.807) is 18.0 Å². The lowest BCUT2D eigenvalue weighted by molar-refractivity contribution is 0.631. The highest BCUT2D eigenvalue weighted by atomic mass is 79.9. The van der Waals surface area contributed by atoms with Crippen LogP contribution in [-0.2, 0) is 0 Å². The maximum absolute atomic E-state index is 4.45. The maximum Gasteiger partial charge on any atom is 0.115 e. The molecule has 0 saturated carbocycles. The van der Waals surface area contributed by atoms with E-state index in [2.05, 4.69) is 44.2 Å². The Morgan fingerprint density at radius 2 is 2.11 bits per heavy atom. The second kappa shape index (κ2) is 6.31. The van der Waals surface area contributed by atoms with Gasteiger partial charge >= 0.3 is 0 Å². The Labute approximate surface area is 120 Å². The number of halogens is 1. The number of rotatable bonds is 4. The van der Waals surface area contributed by atoms with Gasteiger partial charge in [0.15, 0.2) is 0 Å². The van der Waals surface area contributed by atoms with Crippen molar-refractivity contribution in [2.75, 3.05) is 7.05 Å². The quantitative estimate of drug-likeness (QED) is 0.931. The van der Waals surface area contributed by atoms with Gasteiger partial charge in [-0.3, -0.25) is 4.98 Å². The molecule has 5 heteroatoms. The number of nitrogens with zero attached hydrogens (tertiary/aromatic N) is 2. The van der Waals surface area contributed by atoms with Crippen LogP contribution in [0.2, 0.25) is 0 Å². The van der Waals surface area contributed by atoms with Gasteiger partial charge in [-0.2, -0.15) is 0 Å². The minimum absolute atomic E-state index is 0.269. The Hall–Kier alpha value is -0.910. The van der Waals surface area contributed by atoms with Gasteiger partial charge in [0.2, 0.25) is 0 Å². The summed E-state index contributed by atoms with van der Waals surface area (Å²) in [7, 11) is 1.93. The summed E-state index contributed by atoms with van der Waals surface area (Å²) < 4.78 is 1.00. The number of nitrogens with one attached hydrogen (secondary N) is 1. The molecule has 0 bridgehead atoms. The van der Waals surface area contributed by atoms with Crippen LogP contribution in [0, 0.1) is 0 Å². The first kappa shape index (κ1) is 13.5. The van der Waals surface area contributed by atoms with Gasteiger partial charge in [0.25, 0.3) is 0 Å². The van der Waals surface area contributed by atoms with Gasteiger partial charge in [-0.15, -0.1) is 0 Å². The molecular formula is C13H14BrN3S. The van der Waals surface area contributed by atoms with Crippen LogP contribution in [0.3, 0.4) is 0 Å². The zero-order valence-corrected chi connectivity index (χ0v) is 12.6. The Morgan fingerprint density at radius 1 is 1.28 bits per heavy atom. The molecule has 2 rings (SSSR count). The standard InChI is InChI=1S/C13H14BrN3S/c1-9(15-2)12-6-5-10(8-17-12)18-13-11(14)4-3-7-16-13/h3-9,15H,1-2H3. The first-order chi connectivity index (χ1) is 8.70. The fourth-order valence-corrected chi connectivity index (χ4v) is 2.66. The van der Waals surface area contributed by atoms with Gasteiger partial charge < -0.3 is 5.32 Å². The van der Waals surface area contributed by atoms with Crippen LogP contribution < -0.4 is 5.32 Å². The molecular weight excluding hydrogens is 310 g/mol. The van der Waals surface area contributed by atoms with Crippen molar-refractivity contribution in [1.29, 1.82) is 0 Å². The van der Waals surface area contributed by atoms with E-state index in [-0.39, 0.29) is 6.04 Å². The SMILES string of the molecule is CNC(C)c1ccc(Sc2ncccc2Br)cn1. The smallest absolute Gasteiger partial charge is 0.115 e. The highest BCUT2D eigenvalue weighted by molar-refractivity contribution is 9.10. The number of aromatic nitrogens is 2. The summed E-state index contributed by atoms with van der Waals surface area (Å²) >= 11 is 5.09. The van der Waals surface area contributed by atoms with E-state index in [1.165, 1.54) is 0 Å². The zero-order chi connectivity index (χ0) is 13.0. The minimum Gasteiger partial charge on any atom is -0.312 e. The minimum atomic E-state index is 0.269. The molecule has 2 heterocycles. The first-order valence-electron chi connectivity index (χ1n) is 5.62. The van der Waals surface area contributed by atoms with E-state index in [9.17, 15) is 0 Å². The average molecular weight is 324 g/mol. The van der Waals surface area contributed by atoms with Gasteiger partial charge in [-0.1, -0.05) is 11.8 Å². The topological polar surface area (TPSA) is 37.8 Å². The van der Waals surface area contributed by atoms with Crippen molar-refractivity contribution < 1.29 is 0 Å². The molecule has 2 aromatic rings. The third-order valence-corrected chi connectivity index (χ3v) is 4.47.